The van der Waals surface area contributed by atoms with Crippen LogP contribution in [0.15, 0.2) is 35.5 Å². The highest BCUT2D eigenvalue weighted by molar-refractivity contribution is 7.99. The summed E-state index contributed by atoms with van der Waals surface area (Å²) in [6.07, 6.45) is 2.23. The van der Waals surface area contributed by atoms with Crippen molar-refractivity contribution in [1.82, 2.24) is 35.3 Å². The van der Waals surface area contributed by atoms with Gasteiger partial charge in [-0.25, -0.2) is 4.68 Å². The fourth-order valence-electron chi connectivity index (χ4n) is 3.66. The van der Waals surface area contributed by atoms with Crippen molar-refractivity contribution in [2.24, 2.45) is 0 Å². The van der Waals surface area contributed by atoms with Gasteiger partial charge in [-0.3, -0.25) is 9.48 Å². The van der Waals surface area contributed by atoms with Gasteiger partial charge in [-0.15, -0.1) is 5.10 Å². The van der Waals surface area contributed by atoms with Crippen molar-refractivity contribution < 1.29 is 9.53 Å². The van der Waals surface area contributed by atoms with Gasteiger partial charge >= 0.3 is 0 Å². The molecule has 3 heterocycles. The molecule has 4 rings (SSSR count). The molecule has 3 aromatic rings. The lowest BCUT2D eigenvalue weighted by Crippen LogP contribution is -2.25. The van der Waals surface area contributed by atoms with Crippen LogP contribution in [-0.2, 0) is 29.2 Å². The standard InChI is InChI=1S/C21H27N7O2S/c1-15-19(16(2)27(24-15)12-17-7-4-3-5-8-17)11-22-20(29)14-31-21-23-25-26-28(21)13-18-9-6-10-30-18/h3-5,7-8,18H,6,9-14H2,1-2H3,(H,22,29). The first kappa shape index (κ1) is 21.5. The summed E-state index contributed by atoms with van der Waals surface area (Å²) in [5.41, 5.74) is 4.25. The van der Waals surface area contributed by atoms with E-state index in [9.17, 15) is 4.79 Å². The minimum atomic E-state index is -0.0636. The highest BCUT2D eigenvalue weighted by Crippen LogP contribution is 2.19. The number of aromatic nitrogens is 6. The number of carbonyl (C=O) groups excluding carboxylic acids is 1. The zero-order chi connectivity index (χ0) is 21.6. The van der Waals surface area contributed by atoms with Crippen LogP contribution in [0.1, 0.15) is 35.4 Å². The van der Waals surface area contributed by atoms with Crippen LogP contribution < -0.4 is 5.32 Å². The summed E-state index contributed by atoms with van der Waals surface area (Å²) in [7, 11) is 0. The molecule has 9 nitrogen and oxygen atoms in total. The number of hydrogen-bond donors (Lipinski definition) is 1. The smallest absolute Gasteiger partial charge is 0.230 e. The second-order valence-corrected chi connectivity index (χ2v) is 8.58. The fourth-order valence-corrected chi connectivity index (χ4v) is 4.38. The molecular weight excluding hydrogens is 414 g/mol. The van der Waals surface area contributed by atoms with Gasteiger partial charge in [0.1, 0.15) is 0 Å². The Hall–Kier alpha value is -2.72. The molecule has 2 aromatic heterocycles. The van der Waals surface area contributed by atoms with Gasteiger partial charge in [0.25, 0.3) is 0 Å². The average Bonchev–Trinajstić information content (AvgIpc) is 3.49. The van der Waals surface area contributed by atoms with Crippen LogP contribution >= 0.6 is 11.8 Å². The summed E-state index contributed by atoms with van der Waals surface area (Å²) in [6, 6.07) is 10.2. The zero-order valence-corrected chi connectivity index (χ0v) is 18.6. The normalized spacial score (nSPS) is 16.0. The van der Waals surface area contributed by atoms with Crippen molar-refractivity contribution in [1.29, 1.82) is 0 Å². The molecule has 1 aliphatic rings. The highest BCUT2D eigenvalue weighted by Gasteiger charge is 2.19. The molecule has 1 aromatic carbocycles. The van der Waals surface area contributed by atoms with E-state index in [1.54, 1.807) is 4.68 Å². The summed E-state index contributed by atoms with van der Waals surface area (Å²) in [4.78, 5) is 12.4. The molecule has 0 radical (unpaired) electrons. The van der Waals surface area contributed by atoms with Crippen LogP contribution in [0.2, 0.25) is 0 Å². The number of rotatable bonds is 9. The molecule has 1 aliphatic heterocycles. The Morgan fingerprint density at radius 3 is 2.87 bits per heavy atom. The van der Waals surface area contributed by atoms with E-state index < -0.39 is 0 Å². The Morgan fingerprint density at radius 1 is 1.26 bits per heavy atom. The summed E-state index contributed by atoms with van der Waals surface area (Å²) >= 11 is 1.33. The van der Waals surface area contributed by atoms with Crippen molar-refractivity contribution in [2.45, 2.75) is 57.6 Å². The molecule has 1 amide bonds. The van der Waals surface area contributed by atoms with Crippen LogP contribution in [-0.4, -0.2) is 54.4 Å². The molecule has 1 saturated heterocycles. The minimum Gasteiger partial charge on any atom is -0.376 e. The molecule has 1 atom stereocenters. The number of benzene rings is 1. The average molecular weight is 442 g/mol. The second-order valence-electron chi connectivity index (χ2n) is 7.64. The van der Waals surface area contributed by atoms with Crippen molar-refractivity contribution in [3.8, 4) is 0 Å². The summed E-state index contributed by atoms with van der Waals surface area (Å²) in [5, 5.41) is 20.1. The maximum absolute atomic E-state index is 12.4. The lowest BCUT2D eigenvalue weighted by atomic mass is 10.2. The maximum Gasteiger partial charge on any atom is 0.230 e. The first-order valence-electron chi connectivity index (χ1n) is 10.4. The summed E-state index contributed by atoms with van der Waals surface area (Å²) < 4.78 is 9.35. The van der Waals surface area contributed by atoms with Crippen molar-refractivity contribution in [3.63, 3.8) is 0 Å². The molecule has 1 unspecified atom stereocenters. The van der Waals surface area contributed by atoms with Crippen molar-refractivity contribution in [3.05, 3.63) is 52.8 Å². The zero-order valence-electron chi connectivity index (χ0n) is 17.8. The van der Waals surface area contributed by atoms with E-state index in [2.05, 4.69) is 38.1 Å². The quantitative estimate of drug-likeness (QED) is 0.508. The molecule has 164 valence electrons. The van der Waals surface area contributed by atoms with E-state index >= 15 is 0 Å². The van der Waals surface area contributed by atoms with Crippen LogP contribution in [0, 0.1) is 13.8 Å². The highest BCUT2D eigenvalue weighted by atomic mass is 32.2. The Balaban J connectivity index is 1.29. The number of amides is 1. The number of thioether (sulfide) groups is 1. The third kappa shape index (κ3) is 5.50. The monoisotopic (exact) mass is 441 g/mol. The maximum atomic E-state index is 12.4. The number of ether oxygens (including phenoxy) is 1. The predicted octanol–water partition coefficient (Wildman–Crippen LogP) is 2.12. The molecule has 0 saturated carbocycles. The lowest BCUT2D eigenvalue weighted by Gasteiger charge is -2.10. The minimum absolute atomic E-state index is 0.0636. The van der Waals surface area contributed by atoms with Gasteiger partial charge in [0.2, 0.25) is 11.1 Å². The third-order valence-electron chi connectivity index (χ3n) is 5.40. The SMILES string of the molecule is Cc1nn(Cc2ccccc2)c(C)c1CNC(=O)CSc1nnnn1CC1CCCO1. The first-order chi connectivity index (χ1) is 15.1. The van der Waals surface area contributed by atoms with Crippen molar-refractivity contribution in [2.75, 3.05) is 12.4 Å². The first-order valence-corrected chi connectivity index (χ1v) is 11.4. The van der Waals surface area contributed by atoms with Crippen LogP contribution in [0.3, 0.4) is 0 Å². The fraction of sp³-hybridized carbons (Fsp3) is 0.476. The topological polar surface area (TPSA) is 99.8 Å². The van der Waals surface area contributed by atoms with Crippen LogP contribution in [0.25, 0.3) is 0 Å². The van der Waals surface area contributed by atoms with E-state index in [4.69, 9.17) is 4.74 Å². The van der Waals surface area contributed by atoms with Gasteiger partial charge in [-0.1, -0.05) is 42.1 Å². The summed E-state index contributed by atoms with van der Waals surface area (Å²) in [5.74, 6) is 0.188. The van der Waals surface area contributed by atoms with Gasteiger partial charge in [-0.2, -0.15) is 5.10 Å². The van der Waals surface area contributed by atoms with Crippen molar-refractivity contribution >= 4 is 17.7 Å². The molecule has 10 heteroatoms. The Kier molecular flexibility index (Phi) is 6.98. The van der Waals surface area contributed by atoms with E-state index in [1.807, 2.05) is 36.7 Å². The number of carbonyl (C=O) groups is 1. The summed E-state index contributed by atoms with van der Waals surface area (Å²) in [6.45, 7) is 6.59. The predicted molar refractivity (Wildman–Crippen MR) is 117 cm³/mol. The molecule has 0 bridgehead atoms. The Morgan fingerprint density at radius 2 is 2.10 bits per heavy atom. The number of tetrazole rings is 1. The molecule has 1 N–H and O–H groups in total. The van der Waals surface area contributed by atoms with Gasteiger partial charge in [0, 0.05) is 24.4 Å². The van der Waals surface area contributed by atoms with Gasteiger partial charge in [-0.05, 0) is 42.7 Å². The number of aryl methyl sites for hydroxylation is 1. The Labute approximate surface area is 185 Å². The number of nitrogens with one attached hydrogen (secondary N) is 1. The molecule has 1 fully saturated rings. The van der Waals surface area contributed by atoms with E-state index in [1.165, 1.54) is 17.3 Å². The molecule has 0 spiro atoms. The number of nitrogens with zero attached hydrogens (tertiary/aromatic N) is 6. The van der Waals surface area contributed by atoms with E-state index in [0.717, 1.165) is 36.4 Å². The van der Waals surface area contributed by atoms with Gasteiger partial charge in [0.05, 0.1) is 30.6 Å². The molecule has 0 aliphatic carbocycles. The van der Waals surface area contributed by atoms with Crippen LogP contribution in [0.4, 0.5) is 0 Å². The molecule has 31 heavy (non-hydrogen) atoms. The van der Waals surface area contributed by atoms with E-state index in [-0.39, 0.29) is 17.8 Å². The van der Waals surface area contributed by atoms with E-state index in [0.29, 0.717) is 24.8 Å². The third-order valence-corrected chi connectivity index (χ3v) is 6.36. The molecular formula is C21H27N7O2S. The second kappa shape index (κ2) is 10.1. The largest absolute Gasteiger partial charge is 0.376 e. The van der Waals surface area contributed by atoms with Gasteiger partial charge in [0.15, 0.2) is 0 Å². The lowest BCUT2D eigenvalue weighted by molar-refractivity contribution is -0.118. The van der Waals surface area contributed by atoms with Gasteiger partial charge < -0.3 is 10.1 Å². The van der Waals surface area contributed by atoms with Crippen LogP contribution in [0.5, 0.6) is 0 Å². The number of hydrogen-bond acceptors (Lipinski definition) is 7. The Bertz CT molecular complexity index is 1010.